The fourth-order valence-electron chi connectivity index (χ4n) is 2.28. The van der Waals surface area contributed by atoms with Crippen molar-refractivity contribution in [1.29, 1.82) is 0 Å². The number of thiophene rings is 1. The molecule has 3 amide bonds. The lowest BCUT2D eigenvalue weighted by Crippen LogP contribution is -2.37. The summed E-state index contributed by atoms with van der Waals surface area (Å²) in [4.78, 5) is 37.6. The summed E-state index contributed by atoms with van der Waals surface area (Å²) in [5.74, 6) is -0.227. The second-order valence-electron chi connectivity index (χ2n) is 4.95. The highest BCUT2D eigenvalue weighted by atomic mass is 32.1. The molecule has 1 atom stereocenters. The van der Waals surface area contributed by atoms with Gasteiger partial charge in [-0.25, -0.2) is 0 Å². The van der Waals surface area contributed by atoms with E-state index in [1.165, 1.54) is 18.3 Å². The van der Waals surface area contributed by atoms with E-state index >= 15 is 0 Å². The fraction of sp³-hybridized carbons (Fsp3) is 0.500. The highest BCUT2D eigenvalue weighted by Crippen LogP contribution is 2.23. The second-order valence-corrected chi connectivity index (χ2v) is 5.93. The van der Waals surface area contributed by atoms with E-state index in [9.17, 15) is 14.4 Å². The van der Waals surface area contributed by atoms with Gasteiger partial charge >= 0.3 is 0 Å². The lowest BCUT2D eigenvalue weighted by atomic mass is 10.1. The van der Waals surface area contributed by atoms with E-state index in [1.54, 1.807) is 4.90 Å². The minimum Gasteiger partial charge on any atom is -0.354 e. The monoisotopic (exact) mass is 309 g/mol. The van der Waals surface area contributed by atoms with E-state index in [0.29, 0.717) is 26.1 Å². The van der Waals surface area contributed by atoms with Crippen molar-refractivity contribution in [1.82, 2.24) is 15.5 Å². The van der Waals surface area contributed by atoms with Gasteiger partial charge in [0.25, 0.3) is 0 Å². The minimum absolute atomic E-state index is 0.0260. The number of rotatable bonds is 4. The Bertz CT molecular complexity index is 516. The number of carbonyl (C=O) groups is 3. The Balaban J connectivity index is 2.00. The Hall–Kier alpha value is -1.89. The molecule has 1 unspecified atom stereocenters. The maximum atomic E-state index is 12.4. The smallest absolute Gasteiger partial charge is 0.225 e. The fourth-order valence-corrected chi connectivity index (χ4v) is 3.06. The van der Waals surface area contributed by atoms with E-state index in [2.05, 4.69) is 10.6 Å². The summed E-state index contributed by atoms with van der Waals surface area (Å²) in [6.07, 6.45) is 0.545. The predicted octanol–water partition coefficient (Wildman–Crippen LogP) is 0.664. The van der Waals surface area contributed by atoms with Gasteiger partial charge in [-0.15, -0.1) is 11.3 Å². The van der Waals surface area contributed by atoms with Crippen LogP contribution in [0.1, 0.15) is 30.7 Å². The van der Waals surface area contributed by atoms with Crippen LogP contribution in [0, 0.1) is 0 Å². The molecule has 1 aliphatic heterocycles. The number of hydrogen-bond acceptors (Lipinski definition) is 4. The van der Waals surface area contributed by atoms with E-state index in [-0.39, 0.29) is 30.2 Å². The van der Waals surface area contributed by atoms with E-state index < -0.39 is 0 Å². The molecular weight excluding hydrogens is 290 g/mol. The van der Waals surface area contributed by atoms with Crippen LogP contribution in [0.25, 0.3) is 0 Å². The van der Waals surface area contributed by atoms with Crippen LogP contribution in [0.3, 0.4) is 0 Å². The molecule has 2 N–H and O–H groups in total. The van der Waals surface area contributed by atoms with Crippen molar-refractivity contribution >= 4 is 29.1 Å². The van der Waals surface area contributed by atoms with Crippen molar-refractivity contribution in [2.45, 2.75) is 25.8 Å². The van der Waals surface area contributed by atoms with E-state index in [4.69, 9.17) is 0 Å². The molecule has 7 heteroatoms. The summed E-state index contributed by atoms with van der Waals surface area (Å²) in [7, 11) is 0. The maximum Gasteiger partial charge on any atom is 0.225 e. The van der Waals surface area contributed by atoms with Crippen molar-refractivity contribution in [2.75, 3.05) is 19.6 Å². The first-order valence-electron chi connectivity index (χ1n) is 6.91. The topological polar surface area (TPSA) is 78.5 Å². The molecule has 6 nitrogen and oxygen atoms in total. The van der Waals surface area contributed by atoms with Crippen LogP contribution in [0.4, 0.5) is 0 Å². The number of amides is 3. The van der Waals surface area contributed by atoms with Crippen molar-refractivity contribution in [2.24, 2.45) is 0 Å². The Kier molecular flexibility index (Phi) is 5.32. The Morgan fingerprint density at radius 3 is 2.95 bits per heavy atom. The molecule has 1 saturated heterocycles. The average Bonchev–Trinajstić information content (AvgIpc) is 2.87. The molecule has 114 valence electrons. The normalized spacial score (nSPS) is 16.8. The first-order valence-corrected chi connectivity index (χ1v) is 7.79. The molecule has 0 bridgehead atoms. The summed E-state index contributed by atoms with van der Waals surface area (Å²) >= 11 is 1.51. The van der Waals surface area contributed by atoms with E-state index in [0.717, 1.165) is 4.88 Å². The van der Waals surface area contributed by atoms with Crippen LogP contribution >= 0.6 is 11.3 Å². The molecule has 2 heterocycles. The Labute approximate surface area is 127 Å². The molecule has 0 aliphatic carbocycles. The molecule has 1 aromatic rings. The van der Waals surface area contributed by atoms with Crippen molar-refractivity contribution in [3.05, 3.63) is 22.4 Å². The van der Waals surface area contributed by atoms with Gasteiger partial charge in [0, 0.05) is 37.9 Å². The highest BCUT2D eigenvalue weighted by Gasteiger charge is 2.23. The van der Waals surface area contributed by atoms with Crippen LogP contribution in [-0.2, 0) is 14.4 Å². The van der Waals surface area contributed by atoms with Gasteiger partial charge in [0.1, 0.15) is 0 Å². The minimum atomic E-state index is -0.304. The first-order chi connectivity index (χ1) is 10.1. The predicted molar refractivity (Wildman–Crippen MR) is 79.7 cm³/mol. The number of hydrogen-bond donors (Lipinski definition) is 2. The van der Waals surface area contributed by atoms with Crippen LogP contribution < -0.4 is 10.6 Å². The summed E-state index contributed by atoms with van der Waals surface area (Å²) in [5.41, 5.74) is 0. The van der Waals surface area contributed by atoms with Crippen molar-refractivity contribution in [3.8, 4) is 0 Å². The maximum absolute atomic E-state index is 12.4. The molecule has 0 saturated carbocycles. The summed E-state index contributed by atoms with van der Waals surface area (Å²) < 4.78 is 0. The Morgan fingerprint density at radius 1 is 1.48 bits per heavy atom. The zero-order valence-corrected chi connectivity index (χ0v) is 12.7. The number of carbonyl (C=O) groups excluding carboxylic acids is 3. The molecule has 1 aliphatic rings. The first kappa shape index (κ1) is 15.5. The zero-order chi connectivity index (χ0) is 15.2. The number of nitrogens with zero attached hydrogens (tertiary/aromatic N) is 1. The summed E-state index contributed by atoms with van der Waals surface area (Å²) in [5, 5.41) is 7.48. The lowest BCUT2D eigenvalue weighted by Gasteiger charge is -2.23. The molecule has 0 aromatic carbocycles. The average molecular weight is 309 g/mol. The third kappa shape index (κ3) is 4.56. The van der Waals surface area contributed by atoms with E-state index in [1.807, 2.05) is 17.5 Å². The lowest BCUT2D eigenvalue weighted by molar-refractivity contribution is -0.131. The van der Waals surface area contributed by atoms with Gasteiger partial charge < -0.3 is 15.5 Å². The molecule has 2 rings (SSSR count). The van der Waals surface area contributed by atoms with Crippen LogP contribution in [-0.4, -0.2) is 42.3 Å². The van der Waals surface area contributed by atoms with Gasteiger partial charge in [-0.1, -0.05) is 6.07 Å². The molecule has 1 fully saturated rings. The van der Waals surface area contributed by atoms with Gasteiger partial charge in [0.05, 0.1) is 12.5 Å². The standard InChI is InChI=1S/C14H19N3O3S/c1-10(18)16-11(12-3-2-8-21-12)9-14(20)17-6-4-13(19)15-5-7-17/h2-3,8,11H,4-7,9H2,1H3,(H,15,19)(H,16,18). The van der Waals surface area contributed by atoms with Crippen LogP contribution in [0.15, 0.2) is 17.5 Å². The van der Waals surface area contributed by atoms with Crippen LogP contribution in [0.5, 0.6) is 0 Å². The molecule has 21 heavy (non-hydrogen) atoms. The summed E-state index contributed by atoms with van der Waals surface area (Å²) in [6, 6.07) is 3.50. The van der Waals surface area contributed by atoms with Gasteiger partial charge in [0.2, 0.25) is 17.7 Å². The third-order valence-electron chi connectivity index (χ3n) is 3.31. The molecule has 0 spiro atoms. The molecule has 0 radical (unpaired) electrons. The van der Waals surface area contributed by atoms with Crippen LogP contribution in [0.2, 0.25) is 0 Å². The quantitative estimate of drug-likeness (QED) is 0.858. The number of nitrogens with one attached hydrogen (secondary N) is 2. The van der Waals surface area contributed by atoms with Gasteiger partial charge in [-0.2, -0.15) is 0 Å². The molecular formula is C14H19N3O3S. The molecule has 1 aromatic heterocycles. The third-order valence-corrected chi connectivity index (χ3v) is 4.29. The Morgan fingerprint density at radius 2 is 2.29 bits per heavy atom. The second kappa shape index (κ2) is 7.21. The van der Waals surface area contributed by atoms with Gasteiger partial charge in [-0.3, -0.25) is 14.4 Å². The van der Waals surface area contributed by atoms with Crippen molar-refractivity contribution < 1.29 is 14.4 Å². The SMILES string of the molecule is CC(=O)NC(CC(=O)N1CCNC(=O)CC1)c1cccs1. The largest absolute Gasteiger partial charge is 0.354 e. The summed E-state index contributed by atoms with van der Waals surface area (Å²) in [6.45, 7) is 2.87. The van der Waals surface area contributed by atoms with Crippen molar-refractivity contribution in [3.63, 3.8) is 0 Å². The zero-order valence-electron chi connectivity index (χ0n) is 11.9. The van der Waals surface area contributed by atoms with Gasteiger partial charge in [0.15, 0.2) is 0 Å². The van der Waals surface area contributed by atoms with Gasteiger partial charge in [-0.05, 0) is 11.4 Å². The highest BCUT2D eigenvalue weighted by molar-refractivity contribution is 7.10.